The van der Waals surface area contributed by atoms with Gasteiger partial charge in [-0.3, -0.25) is 0 Å². The molecule has 2 aliphatic carbocycles. The van der Waals surface area contributed by atoms with Crippen LogP contribution in [0.2, 0.25) is 0 Å². The van der Waals surface area contributed by atoms with E-state index in [1.54, 1.807) is 0 Å². The van der Waals surface area contributed by atoms with Crippen LogP contribution < -0.4 is 5.32 Å². The summed E-state index contributed by atoms with van der Waals surface area (Å²) in [4.78, 5) is 0. The smallest absolute Gasteiger partial charge is 0.0757 e. The molecule has 1 saturated heterocycles. The van der Waals surface area contributed by atoms with Crippen molar-refractivity contribution in [1.82, 2.24) is 5.32 Å². The topological polar surface area (TPSA) is 21.3 Å². The predicted molar refractivity (Wildman–Crippen MR) is 65.4 cm³/mol. The van der Waals surface area contributed by atoms with Gasteiger partial charge in [0.1, 0.15) is 0 Å². The Morgan fingerprint density at radius 2 is 1.94 bits per heavy atom. The maximum absolute atomic E-state index is 5.91. The molecule has 3 rings (SSSR count). The second-order valence-corrected chi connectivity index (χ2v) is 6.67. The molecule has 0 amide bonds. The summed E-state index contributed by atoms with van der Waals surface area (Å²) in [6.07, 6.45) is 8.71. The van der Waals surface area contributed by atoms with E-state index in [1.807, 2.05) is 0 Å². The van der Waals surface area contributed by atoms with E-state index in [-0.39, 0.29) is 0 Å². The Bertz CT molecular complexity index is 259. The molecule has 3 aliphatic rings. The van der Waals surface area contributed by atoms with Crippen molar-refractivity contribution in [3.05, 3.63) is 0 Å². The molecule has 3 unspecified atom stereocenters. The summed E-state index contributed by atoms with van der Waals surface area (Å²) in [6.45, 7) is 5.81. The number of hydrogen-bond donors (Lipinski definition) is 1. The highest BCUT2D eigenvalue weighted by atomic mass is 16.5. The van der Waals surface area contributed by atoms with Crippen LogP contribution in [0, 0.1) is 11.3 Å². The Hall–Kier alpha value is -0.0800. The molecule has 3 fully saturated rings. The molecule has 2 heteroatoms. The summed E-state index contributed by atoms with van der Waals surface area (Å²) in [6, 6.07) is 1.37. The van der Waals surface area contributed by atoms with E-state index in [1.165, 1.54) is 38.5 Å². The van der Waals surface area contributed by atoms with Crippen LogP contribution in [0.4, 0.5) is 0 Å². The first-order valence-electron chi connectivity index (χ1n) is 7.04. The molecule has 2 nitrogen and oxygen atoms in total. The SMILES string of the molecule is CC1(C)CCCC1NC1CCOC1C1CC1. The van der Waals surface area contributed by atoms with Gasteiger partial charge >= 0.3 is 0 Å². The number of nitrogens with one attached hydrogen (secondary N) is 1. The number of rotatable bonds is 3. The summed E-state index contributed by atoms with van der Waals surface area (Å²) in [5.74, 6) is 0.879. The van der Waals surface area contributed by atoms with Crippen LogP contribution in [0.15, 0.2) is 0 Å². The quantitative estimate of drug-likeness (QED) is 0.794. The van der Waals surface area contributed by atoms with Gasteiger partial charge in [0.15, 0.2) is 0 Å². The summed E-state index contributed by atoms with van der Waals surface area (Å²) < 4.78 is 5.91. The minimum absolute atomic E-state index is 0.497. The lowest BCUT2D eigenvalue weighted by Crippen LogP contribution is -2.47. The van der Waals surface area contributed by atoms with Crippen LogP contribution in [0.3, 0.4) is 0 Å². The third-order valence-corrected chi connectivity index (χ3v) is 4.89. The van der Waals surface area contributed by atoms with Crippen molar-refractivity contribution in [2.75, 3.05) is 6.61 Å². The molecule has 0 radical (unpaired) electrons. The first-order valence-corrected chi connectivity index (χ1v) is 7.04. The zero-order chi connectivity index (χ0) is 11.2. The van der Waals surface area contributed by atoms with Crippen molar-refractivity contribution in [2.24, 2.45) is 11.3 Å². The molecule has 1 aliphatic heterocycles. The van der Waals surface area contributed by atoms with E-state index in [2.05, 4.69) is 19.2 Å². The van der Waals surface area contributed by atoms with Gasteiger partial charge in [0.2, 0.25) is 0 Å². The molecule has 1 N–H and O–H groups in total. The van der Waals surface area contributed by atoms with Crippen molar-refractivity contribution in [3.8, 4) is 0 Å². The lowest BCUT2D eigenvalue weighted by atomic mass is 9.86. The molecular weight excluding hydrogens is 198 g/mol. The summed E-state index contributed by atoms with van der Waals surface area (Å²) >= 11 is 0. The maximum Gasteiger partial charge on any atom is 0.0757 e. The van der Waals surface area contributed by atoms with Gasteiger partial charge in [-0.05, 0) is 43.4 Å². The minimum Gasteiger partial charge on any atom is -0.376 e. The van der Waals surface area contributed by atoms with Crippen LogP contribution in [0.25, 0.3) is 0 Å². The van der Waals surface area contributed by atoms with E-state index >= 15 is 0 Å². The molecule has 1 heterocycles. The molecule has 0 bridgehead atoms. The molecule has 0 aromatic carbocycles. The first-order chi connectivity index (χ1) is 7.67. The first kappa shape index (κ1) is 11.0. The summed E-state index contributed by atoms with van der Waals surface area (Å²) in [5, 5.41) is 3.91. The molecule has 0 aromatic heterocycles. The van der Waals surface area contributed by atoms with Crippen LogP contribution in [0.5, 0.6) is 0 Å². The van der Waals surface area contributed by atoms with Crippen LogP contribution >= 0.6 is 0 Å². The van der Waals surface area contributed by atoms with Gasteiger partial charge in [-0.1, -0.05) is 20.3 Å². The summed E-state index contributed by atoms with van der Waals surface area (Å²) in [5.41, 5.74) is 0.497. The highest BCUT2D eigenvalue weighted by Gasteiger charge is 2.43. The monoisotopic (exact) mass is 223 g/mol. The van der Waals surface area contributed by atoms with Crippen molar-refractivity contribution in [3.63, 3.8) is 0 Å². The fourth-order valence-corrected chi connectivity index (χ4v) is 3.57. The van der Waals surface area contributed by atoms with Crippen LogP contribution in [-0.4, -0.2) is 24.8 Å². The zero-order valence-corrected chi connectivity index (χ0v) is 10.7. The van der Waals surface area contributed by atoms with Crippen molar-refractivity contribution >= 4 is 0 Å². The molecule has 0 aromatic rings. The zero-order valence-electron chi connectivity index (χ0n) is 10.7. The van der Waals surface area contributed by atoms with Crippen LogP contribution in [-0.2, 0) is 4.74 Å². The highest BCUT2D eigenvalue weighted by Crippen LogP contribution is 2.41. The molecular formula is C14H25NO. The van der Waals surface area contributed by atoms with Gasteiger partial charge in [-0.2, -0.15) is 0 Å². The normalized spacial score (nSPS) is 42.8. The van der Waals surface area contributed by atoms with E-state index in [0.717, 1.165) is 18.6 Å². The Kier molecular flexibility index (Phi) is 2.75. The van der Waals surface area contributed by atoms with E-state index < -0.39 is 0 Å². The Morgan fingerprint density at radius 3 is 2.56 bits per heavy atom. The third kappa shape index (κ3) is 2.02. The second-order valence-electron chi connectivity index (χ2n) is 6.67. The van der Waals surface area contributed by atoms with Gasteiger partial charge in [0.05, 0.1) is 6.10 Å². The van der Waals surface area contributed by atoms with Gasteiger partial charge in [0.25, 0.3) is 0 Å². The third-order valence-electron chi connectivity index (χ3n) is 4.89. The number of hydrogen-bond acceptors (Lipinski definition) is 2. The molecule has 3 atom stereocenters. The minimum atomic E-state index is 0.497. The second kappa shape index (κ2) is 3.99. The lowest BCUT2D eigenvalue weighted by molar-refractivity contribution is 0.0753. The Morgan fingerprint density at radius 1 is 1.12 bits per heavy atom. The van der Waals surface area contributed by atoms with Gasteiger partial charge in [-0.15, -0.1) is 0 Å². The number of ether oxygens (including phenoxy) is 1. The lowest BCUT2D eigenvalue weighted by Gasteiger charge is -2.32. The Balaban J connectivity index is 1.61. The molecule has 16 heavy (non-hydrogen) atoms. The van der Waals surface area contributed by atoms with Gasteiger partial charge in [-0.25, -0.2) is 0 Å². The van der Waals surface area contributed by atoms with Crippen molar-refractivity contribution in [2.45, 2.75) is 70.6 Å². The molecule has 92 valence electrons. The fourth-order valence-electron chi connectivity index (χ4n) is 3.57. The molecule has 2 saturated carbocycles. The highest BCUT2D eigenvalue weighted by molar-refractivity contribution is 4.98. The van der Waals surface area contributed by atoms with Gasteiger partial charge in [0, 0.05) is 18.7 Å². The van der Waals surface area contributed by atoms with Crippen molar-refractivity contribution < 1.29 is 4.74 Å². The van der Waals surface area contributed by atoms with Crippen molar-refractivity contribution in [1.29, 1.82) is 0 Å². The van der Waals surface area contributed by atoms with E-state index in [9.17, 15) is 0 Å². The largest absolute Gasteiger partial charge is 0.376 e. The summed E-state index contributed by atoms with van der Waals surface area (Å²) in [7, 11) is 0. The Labute approximate surface area is 99.1 Å². The fraction of sp³-hybridized carbons (Fsp3) is 1.00. The van der Waals surface area contributed by atoms with Crippen LogP contribution in [0.1, 0.15) is 52.4 Å². The average Bonchev–Trinajstić information content (AvgIpc) is 2.89. The van der Waals surface area contributed by atoms with Gasteiger partial charge < -0.3 is 10.1 Å². The predicted octanol–water partition coefficient (Wildman–Crippen LogP) is 2.72. The average molecular weight is 223 g/mol. The van der Waals surface area contributed by atoms with E-state index in [0.29, 0.717) is 17.6 Å². The van der Waals surface area contributed by atoms with E-state index in [4.69, 9.17) is 4.74 Å². The molecule has 0 spiro atoms. The standard InChI is InChI=1S/C14H25NO/c1-14(2)8-3-4-12(14)15-11-7-9-16-13(11)10-5-6-10/h10-13,15H,3-9H2,1-2H3. The maximum atomic E-state index is 5.91.